The van der Waals surface area contributed by atoms with Crippen molar-refractivity contribution in [2.45, 2.75) is 33.7 Å². The number of hydrogen-bond donors (Lipinski definition) is 1. The lowest BCUT2D eigenvalue weighted by molar-refractivity contribution is -0.123. The maximum Gasteiger partial charge on any atom is 0.338 e. The number of esters is 1. The summed E-state index contributed by atoms with van der Waals surface area (Å²) >= 11 is 0. The van der Waals surface area contributed by atoms with Gasteiger partial charge in [-0.1, -0.05) is 39.0 Å². The molecule has 7 nitrogen and oxygen atoms in total. The number of carbonyl (C=O) groups is 3. The van der Waals surface area contributed by atoms with Crippen LogP contribution in [0.3, 0.4) is 0 Å². The van der Waals surface area contributed by atoms with Gasteiger partial charge in [0.2, 0.25) is 0 Å². The minimum atomic E-state index is -0.863. The first-order valence-corrected chi connectivity index (χ1v) is 10.3. The number of methoxy groups -OCH3 is 1. The molecule has 1 N–H and O–H groups in total. The molecule has 0 aliphatic carbocycles. The van der Waals surface area contributed by atoms with Crippen LogP contribution in [-0.2, 0) is 14.3 Å². The van der Waals surface area contributed by atoms with Crippen LogP contribution in [0.4, 0.5) is 5.69 Å². The summed E-state index contributed by atoms with van der Waals surface area (Å²) in [6.45, 7) is 7.12. The molecule has 1 heterocycles. The fraction of sp³-hybridized carbons (Fsp3) is 0.320. The Morgan fingerprint density at radius 2 is 1.75 bits per heavy atom. The molecule has 0 saturated heterocycles. The highest BCUT2D eigenvalue weighted by molar-refractivity contribution is 6.17. The first-order valence-electron chi connectivity index (χ1n) is 10.3. The second-order valence-corrected chi connectivity index (χ2v) is 8.46. The molecule has 7 heteroatoms. The zero-order chi connectivity index (χ0) is 23.6. The Morgan fingerprint density at radius 1 is 1.09 bits per heavy atom. The summed E-state index contributed by atoms with van der Waals surface area (Å²) in [6, 6.07) is 12.4. The fourth-order valence-electron chi connectivity index (χ4n) is 3.61. The summed E-state index contributed by atoms with van der Waals surface area (Å²) in [5.74, 6) is -1.55. The molecule has 0 saturated carbocycles. The molecule has 0 spiro atoms. The number of Topliss-reactive ketones (excluding diaryl/α,β-unsaturated/α-hetero) is 1. The van der Waals surface area contributed by atoms with Gasteiger partial charge in [-0.25, -0.2) is 4.79 Å². The van der Waals surface area contributed by atoms with E-state index >= 15 is 0 Å². The van der Waals surface area contributed by atoms with Crippen LogP contribution in [0, 0.1) is 5.41 Å². The van der Waals surface area contributed by atoms with E-state index in [4.69, 9.17) is 9.47 Å². The average Bonchev–Trinajstić information content (AvgIpc) is 3.03. The van der Waals surface area contributed by atoms with Gasteiger partial charge in [0.25, 0.3) is 5.91 Å². The van der Waals surface area contributed by atoms with Gasteiger partial charge in [0.15, 0.2) is 11.5 Å². The standard InChI is InChI=1S/C25H27NO6/c1-6-32-24(30)16-8-7-9-17(14-16)26-20(15-10-12-18(31-5)13-11-15)19(21(27)23(26)29)22(28)25(2,3)4/h7-14,20,27H,6H2,1-5H3. The van der Waals surface area contributed by atoms with Gasteiger partial charge in [0.1, 0.15) is 5.75 Å². The minimum absolute atomic E-state index is 0.0224. The van der Waals surface area contributed by atoms with Gasteiger partial charge in [0.05, 0.1) is 30.9 Å². The first-order chi connectivity index (χ1) is 15.1. The number of amides is 1. The van der Waals surface area contributed by atoms with E-state index in [2.05, 4.69) is 0 Å². The summed E-state index contributed by atoms with van der Waals surface area (Å²) in [7, 11) is 1.54. The lowest BCUT2D eigenvalue weighted by Crippen LogP contribution is -2.33. The number of carbonyl (C=O) groups excluding carboxylic acids is 3. The predicted octanol–water partition coefficient (Wildman–Crippen LogP) is 4.39. The molecule has 3 rings (SSSR count). The minimum Gasteiger partial charge on any atom is -0.503 e. The molecule has 168 valence electrons. The van der Waals surface area contributed by atoms with Gasteiger partial charge in [-0.3, -0.25) is 14.5 Å². The summed E-state index contributed by atoms with van der Waals surface area (Å²) < 4.78 is 10.3. The van der Waals surface area contributed by atoms with Crippen molar-refractivity contribution in [1.82, 2.24) is 0 Å². The van der Waals surface area contributed by atoms with Crippen LogP contribution in [0.15, 0.2) is 59.9 Å². The zero-order valence-corrected chi connectivity index (χ0v) is 18.8. The van der Waals surface area contributed by atoms with Crippen molar-refractivity contribution in [3.63, 3.8) is 0 Å². The van der Waals surface area contributed by atoms with Crippen molar-refractivity contribution in [2.24, 2.45) is 5.41 Å². The Bertz CT molecular complexity index is 1080. The van der Waals surface area contributed by atoms with Crippen molar-refractivity contribution in [3.8, 4) is 5.75 Å². The third-order valence-corrected chi connectivity index (χ3v) is 5.20. The van der Waals surface area contributed by atoms with E-state index in [0.717, 1.165) is 0 Å². The van der Waals surface area contributed by atoms with Crippen molar-refractivity contribution < 1.29 is 29.0 Å². The molecule has 0 aromatic heterocycles. The Hall–Kier alpha value is -3.61. The fourth-order valence-corrected chi connectivity index (χ4v) is 3.61. The summed E-state index contributed by atoms with van der Waals surface area (Å²) in [4.78, 5) is 40.0. The van der Waals surface area contributed by atoms with E-state index in [1.807, 2.05) is 0 Å². The molecular weight excluding hydrogens is 410 g/mol. The number of ether oxygens (including phenoxy) is 2. The highest BCUT2D eigenvalue weighted by atomic mass is 16.5. The smallest absolute Gasteiger partial charge is 0.338 e. The van der Waals surface area contributed by atoms with E-state index < -0.39 is 29.1 Å². The van der Waals surface area contributed by atoms with Crippen LogP contribution in [0.5, 0.6) is 5.75 Å². The summed E-state index contributed by atoms with van der Waals surface area (Å²) in [5.41, 5.74) is 0.453. The van der Waals surface area contributed by atoms with E-state index in [0.29, 0.717) is 17.0 Å². The largest absolute Gasteiger partial charge is 0.503 e. The van der Waals surface area contributed by atoms with Crippen molar-refractivity contribution in [3.05, 3.63) is 71.0 Å². The molecule has 1 aliphatic heterocycles. The van der Waals surface area contributed by atoms with E-state index in [-0.39, 0.29) is 23.5 Å². The molecular formula is C25H27NO6. The molecule has 2 aromatic rings. The van der Waals surface area contributed by atoms with Crippen molar-refractivity contribution in [2.75, 3.05) is 18.6 Å². The summed E-state index contributed by atoms with van der Waals surface area (Å²) in [6.07, 6.45) is 0. The average molecular weight is 437 g/mol. The monoisotopic (exact) mass is 437 g/mol. The van der Waals surface area contributed by atoms with Crippen LogP contribution < -0.4 is 9.64 Å². The van der Waals surface area contributed by atoms with E-state index in [1.165, 1.54) is 11.0 Å². The maximum atomic E-state index is 13.3. The molecule has 0 bridgehead atoms. The van der Waals surface area contributed by atoms with Crippen LogP contribution in [-0.4, -0.2) is 36.5 Å². The molecule has 0 radical (unpaired) electrons. The third-order valence-electron chi connectivity index (χ3n) is 5.20. The molecule has 1 unspecified atom stereocenters. The van der Waals surface area contributed by atoms with Crippen molar-refractivity contribution >= 4 is 23.3 Å². The number of aliphatic hydroxyl groups is 1. The van der Waals surface area contributed by atoms with Gasteiger partial charge in [-0.05, 0) is 42.8 Å². The van der Waals surface area contributed by atoms with Crippen LogP contribution in [0.25, 0.3) is 0 Å². The Labute approximate surface area is 187 Å². The highest BCUT2D eigenvalue weighted by Crippen LogP contribution is 2.43. The van der Waals surface area contributed by atoms with E-state index in [9.17, 15) is 19.5 Å². The quantitative estimate of drug-likeness (QED) is 0.674. The third kappa shape index (κ3) is 4.23. The van der Waals surface area contributed by atoms with Crippen LogP contribution >= 0.6 is 0 Å². The summed E-state index contributed by atoms with van der Waals surface area (Å²) in [5, 5.41) is 10.8. The number of nitrogens with zero attached hydrogens (tertiary/aromatic N) is 1. The Kier molecular flexibility index (Phi) is 6.39. The molecule has 32 heavy (non-hydrogen) atoms. The second kappa shape index (κ2) is 8.86. The van der Waals surface area contributed by atoms with Gasteiger partial charge < -0.3 is 14.6 Å². The van der Waals surface area contributed by atoms with Gasteiger partial charge >= 0.3 is 5.97 Å². The van der Waals surface area contributed by atoms with Gasteiger partial charge in [-0.2, -0.15) is 0 Å². The molecule has 1 aliphatic rings. The first kappa shape index (κ1) is 23.1. The lowest BCUT2D eigenvalue weighted by atomic mass is 9.82. The molecule has 1 atom stereocenters. The number of hydrogen-bond acceptors (Lipinski definition) is 6. The maximum absolute atomic E-state index is 13.3. The topological polar surface area (TPSA) is 93.1 Å². The number of anilines is 1. The Balaban J connectivity index is 2.16. The van der Waals surface area contributed by atoms with Crippen LogP contribution in [0.2, 0.25) is 0 Å². The number of aliphatic hydroxyl groups excluding tert-OH is 1. The molecule has 2 aromatic carbocycles. The number of ketones is 1. The van der Waals surface area contributed by atoms with Crippen molar-refractivity contribution in [1.29, 1.82) is 0 Å². The normalized spacial score (nSPS) is 16.3. The highest BCUT2D eigenvalue weighted by Gasteiger charge is 2.46. The molecule has 1 amide bonds. The zero-order valence-electron chi connectivity index (χ0n) is 18.8. The van der Waals surface area contributed by atoms with Gasteiger partial charge in [-0.15, -0.1) is 0 Å². The van der Waals surface area contributed by atoms with Crippen LogP contribution in [0.1, 0.15) is 49.7 Å². The van der Waals surface area contributed by atoms with E-state index in [1.54, 1.807) is 77.3 Å². The predicted molar refractivity (Wildman–Crippen MR) is 120 cm³/mol. The second-order valence-electron chi connectivity index (χ2n) is 8.46. The molecule has 0 fully saturated rings. The number of rotatable bonds is 6. The SMILES string of the molecule is CCOC(=O)c1cccc(N2C(=O)C(O)=C(C(=O)C(C)(C)C)C2c2ccc(OC)cc2)c1. The lowest BCUT2D eigenvalue weighted by Gasteiger charge is -2.29. The van der Waals surface area contributed by atoms with Gasteiger partial charge in [0, 0.05) is 11.1 Å². The number of benzene rings is 2. The Morgan fingerprint density at radius 3 is 2.31 bits per heavy atom.